The van der Waals surface area contributed by atoms with Crippen LogP contribution in [-0.4, -0.2) is 23.1 Å². The van der Waals surface area contributed by atoms with Crippen LogP contribution in [0.1, 0.15) is 48.5 Å². The van der Waals surface area contributed by atoms with Crippen molar-refractivity contribution in [2.24, 2.45) is 5.41 Å². The average molecular weight is 436 g/mol. The monoisotopic (exact) mass is 436 g/mol. The third-order valence-corrected chi connectivity index (χ3v) is 6.24. The fourth-order valence-electron chi connectivity index (χ4n) is 4.19. The van der Waals surface area contributed by atoms with Crippen LogP contribution < -0.4 is 4.74 Å². The molecule has 0 bridgehead atoms. The second kappa shape index (κ2) is 8.99. The highest BCUT2D eigenvalue weighted by molar-refractivity contribution is 5.88. The zero-order valence-electron chi connectivity index (χ0n) is 17.8. The number of aromatic carboxylic acids is 1. The van der Waals surface area contributed by atoms with E-state index in [4.69, 9.17) is 14.6 Å². The minimum absolute atomic E-state index is 0.0286. The van der Waals surface area contributed by atoms with Gasteiger partial charge in [-0.25, -0.2) is 9.18 Å². The van der Waals surface area contributed by atoms with E-state index in [9.17, 15) is 14.0 Å². The maximum Gasteiger partial charge on any atom is 0.335 e. The molecular weight excluding hydrogens is 411 g/mol. The maximum atomic E-state index is 14.0. The van der Waals surface area contributed by atoms with Crippen LogP contribution >= 0.6 is 0 Å². The van der Waals surface area contributed by atoms with Gasteiger partial charge in [-0.05, 0) is 67.1 Å². The lowest BCUT2D eigenvalue weighted by Crippen LogP contribution is -2.37. The molecule has 4 rings (SSSR count). The quantitative estimate of drug-likeness (QED) is 0.498. The molecule has 0 amide bonds. The number of rotatable bonds is 6. The number of carboxylic acids is 1. The van der Waals surface area contributed by atoms with Crippen molar-refractivity contribution in [1.29, 1.82) is 0 Å². The fourth-order valence-corrected chi connectivity index (χ4v) is 4.19. The zero-order chi connectivity index (χ0) is 22.7. The number of halogens is 1. The molecule has 5 nitrogen and oxygen atoms in total. The van der Waals surface area contributed by atoms with Gasteiger partial charge in [-0.1, -0.05) is 42.5 Å². The number of carbonyl (C=O) groups is 2. The normalized spacial score (nSPS) is 20.6. The number of hydrogen-bond acceptors (Lipinski definition) is 4. The summed E-state index contributed by atoms with van der Waals surface area (Å²) in [5, 5.41) is 11.3. The highest BCUT2D eigenvalue weighted by Crippen LogP contribution is 2.39. The van der Waals surface area contributed by atoms with Crippen LogP contribution in [-0.2, 0) is 16.1 Å². The van der Waals surface area contributed by atoms with Crippen molar-refractivity contribution in [1.82, 2.24) is 0 Å². The molecule has 0 aliphatic heterocycles. The summed E-state index contributed by atoms with van der Waals surface area (Å²) in [5.41, 5.74) is 0.302. The van der Waals surface area contributed by atoms with Crippen molar-refractivity contribution in [3.63, 3.8) is 0 Å². The van der Waals surface area contributed by atoms with Gasteiger partial charge in [0, 0.05) is 0 Å². The standard InChI is InChI=1S/C26H25FO5/c1-26(25(30)31-16-19-7-4-6-17-5-2-3-8-21(17)19)13-11-20(12-14-26)32-23-15-18(24(28)29)9-10-22(23)27/h2-10,15,20H,11-14,16H2,1H3,(H,28,29)/t20-,26+. The van der Waals surface area contributed by atoms with Gasteiger partial charge < -0.3 is 14.6 Å². The molecule has 1 fully saturated rings. The van der Waals surface area contributed by atoms with Gasteiger partial charge in [-0.3, -0.25) is 4.79 Å². The van der Waals surface area contributed by atoms with Crippen molar-refractivity contribution in [3.8, 4) is 5.75 Å². The Labute approximate surface area is 185 Å². The molecule has 1 N–H and O–H groups in total. The number of hydrogen-bond donors (Lipinski definition) is 1. The molecule has 0 aromatic heterocycles. The molecule has 6 heteroatoms. The van der Waals surface area contributed by atoms with Gasteiger partial charge in [0.05, 0.1) is 17.1 Å². The Hall–Kier alpha value is -3.41. The highest BCUT2D eigenvalue weighted by atomic mass is 19.1. The number of benzene rings is 3. The molecule has 0 spiro atoms. The first kappa shape index (κ1) is 21.8. The largest absolute Gasteiger partial charge is 0.487 e. The molecule has 166 valence electrons. The van der Waals surface area contributed by atoms with Crippen molar-refractivity contribution >= 4 is 22.7 Å². The van der Waals surface area contributed by atoms with Gasteiger partial charge in [0.1, 0.15) is 6.61 Å². The van der Waals surface area contributed by atoms with Crippen molar-refractivity contribution in [3.05, 3.63) is 77.6 Å². The number of esters is 1. The van der Waals surface area contributed by atoms with Crippen LogP contribution in [0.4, 0.5) is 4.39 Å². The SMILES string of the molecule is C[C@]1(C(=O)OCc2cccc3ccccc23)CC[C@@H](Oc2cc(C(=O)O)ccc2F)CC1. The van der Waals surface area contributed by atoms with Gasteiger partial charge in [-0.15, -0.1) is 0 Å². The molecule has 0 unspecified atom stereocenters. The van der Waals surface area contributed by atoms with E-state index in [1.54, 1.807) is 0 Å². The van der Waals surface area contributed by atoms with E-state index >= 15 is 0 Å². The Bertz CT molecular complexity index is 1140. The summed E-state index contributed by atoms with van der Waals surface area (Å²) in [7, 11) is 0. The van der Waals surface area contributed by atoms with Gasteiger partial charge in [0.2, 0.25) is 0 Å². The Morgan fingerprint density at radius 2 is 1.78 bits per heavy atom. The predicted octanol–water partition coefficient (Wildman–Crippen LogP) is 5.75. The third-order valence-electron chi connectivity index (χ3n) is 6.24. The first-order valence-electron chi connectivity index (χ1n) is 10.7. The van der Waals surface area contributed by atoms with Gasteiger partial charge in [0.15, 0.2) is 11.6 Å². The van der Waals surface area contributed by atoms with Crippen molar-refractivity contribution in [2.45, 2.75) is 45.3 Å². The molecular formula is C26H25FO5. The van der Waals surface area contributed by atoms with Crippen LogP contribution in [0.15, 0.2) is 60.7 Å². The minimum atomic E-state index is -1.14. The maximum absolute atomic E-state index is 14.0. The summed E-state index contributed by atoms with van der Waals surface area (Å²) in [6.07, 6.45) is 1.92. The average Bonchev–Trinajstić information content (AvgIpc) is 2.80. The molecule has 0 heterocycles. The molecule has 1 saturated carbocycles. The lowest BCUT2D eigenvalue weighted by atomic mass is 9.74. The van der Waals surface area contributed by atoms with E-state index in [1.165, 1.54) is 12.1 Å². The Morgan fingerprint density at radius 3 is 2.53 bits per heavy atom. The topological polar surface area (TPSA) is 72.8 Å². The molecule has 0 saturated heterocycles. The van der Waals surface area contributed by atoms with Crippen molar-refractivity contribution < 1.29 is 28.6 Å². The molecule has 1 aliphatic rings. The Kier molecular flexibility index (Phi) is 6.12. The molecule has 32 heavy (non-hydrogen) atoms. The first-order valence-corrected chi connectivity index (χ1v) is 10.7. The summed E-state index contributed by atoms with van der Waals surface area (Å²) >= 11 is 0. The third kappa shape index (κ3) is 4.59. The summed E-state index contributed by atoms with van der Waals surface area (Å²) in [6, 6.07) is 17.4. The Morgan fingerprint density at radius 1 is 1.06 bits per heavy atom. The van der Waals surface area contributed by atoms with E-state index in [2.05, 4.69) is 0 Å². The molecule has 0 atom stereocenters. The number of carbonyl (C=O) groups excluding carboxylic acids is 1. The molecule has 1 aliphatic carbocycles. The number of carboxylic acid groups (broad SMARTS) is 1. The Balaban J connectivity index is 1.36. The highest BCUT2D eigenvalue weighted by Gasteiger charge is 2.39. The van der Waals surface area contributed by atoms with E-state index < -0.39 is 17.2 Å². The van der Waals surface area contributed by atoms with Gasteiger partial charge in [0.25, 0.3) is 0 Å². The van der Waals surface area contributed by atoms with Crippen LogP contribution in [0, 0.1) is 11.2 Å². The first-order chi connectivity index (χ1) is 15.4. The minimum Gasteiger partial charge on any atom is -0.487 e. The van der Waals surface area contributed by atoms with Crippen LogP contribution in [0.2, 0.25) is 0 Å². The summed E-state index contributed by atoms with van der Waals surface area (Å²) in [6.45, 7) is 2.10. The van der Waals surface area contributed by atoms with E-state index in [-0.39, 0.29) is 30.0 Å². The smallest absolute Gasteiger partial charge is 0.335 e. The van der Waals surface area contributed by atoms with E-state index in [0.29, 0.717) is 25.7 Å². The van der Waals surface area contributed by atoms with E-state index in [0.717, 1.165) is 22.4 Å². The molecule has 0 radical (unpaired) electrons. The van der Waals surface area contributed by atoms with Crippen LogP contribution in [0.3, 0.4) is 0 Å². The fraction of sp³-hybridized carbons (Fsp3) is 0.308. The van der Waals surface area contributed by atoms with Crippen LogP contribution in [0.5, 0.6) is 5.75 Å². The predicted molar refractivity (Wildman–Crippen MR) is 118 cm³/mol. The lowest BCUT2D eigenvalue weighted by Gasteiger charge is -2.35. The summed E-state index contributed by atoms with van der Waals surface area (Å²) in [4.78, 5) is 24.0. The summed E-state index contributed by atoms with van der Waals surface area (Å²) < 4.78 is 25.5. The van der Waals surface area contributed by atoms with E-state index in [1.807, 2.05) is 49.4 Å². The lowest BCUT2D eigenvalue weighted by molar-refractivity contribution is -0.159. The zero-order valence-corrected chi connectivity index (χ0v) is 17.8. The van der Waals surface area contributed by atoms with Crippen molar-refractivity contribution in [2.75, 3.05) is 0 Å². The number of ether oxygens (including phenoxy) is 2. The van der Waals surface area contributed by atoms with Crippen LogP contribution in [0.25, 0.3) is 10.8 Å². The molecule has 3 aromatic rings. The second-order valence-corrected chi connectivity index (χ2v) is 8.54. The molecule has 3 aromatic carbocycles. The van der Waals surface area contributed by atoms with Gasteiger partial charge in [-0.2, -0.15) is 0 Å². The number of fused-ring (bicyclic) bond motifs is 1. The second-order valence-electron chi connectivity index (χ2n) is 8.54. The summed E-state index contributed by atoms with van der Waals surface area (Å²) in [5.74, 6) is -2.06. The van der Waals surface area contributed by atoms with Gasteiger partial charge >= 0.3 is 11.9 Å².